The number of carbonyl (C=O) groups is 1. The SMILES string of the molecule is CC(=O)Nc1ccc2nc(CN3C(C)CCC[C@@H]3C)ccc2c1. The van der Waals surface area contributed by atoms with Gasteiger partial charge in [-0.3, -0.25) is 14.7 Å². The quantitative estimate of drug-likeness (QED) is 0.933. The summed E-state index contributed by atoms with van der Waals surface area (Å²) in [5, 5.41) is 3.87. The summed E-state index contributed by atoms with van der Waals surface area (Å²) in [6.07, 6.45) is 3.88. The monoisotopic (exact) mass is 311 g/mol. The van der Waals surface area contributed by atoms with E-state index in [2.05, 4.69) is 36.2 Å². The Labute approximate surface area is 137 Å². The first-order valence-electron chi connectivity index (χ1n) is 8.46. The van der Waals surface area contributed by atoms with Gasteiger partial charge in [0.25, 0.3) is 0 Å². The van der Waals surface area contributed by atoms with Gasteiger partial charge in [0.05, 0.1) is 11.2 Å². The third-order valence-electron chi connectivity index (χ3n) is 4.79. The van der Waals surface area contributed by atoms with Gasteiger partial charge in [0.15, 0.2) is 0 Å². The van der Waals surface area contributed by atoms with Crippen LogP contribution in [0.3, 0.4) is 0 Å². The summed E-state index contributed by atoms with van der Waals surface area (Å²) in [6, 6.07) is 11.3. The van der Waals surface area contributed by atoms with Crippen LogP contribution in [0.4, 0.5) is 5.69 Å². The van der Waals surface area contributed by atoms with Crippen molar-refractivity contribution in [2.24, 2.45) is 0 Å². The molecule has 1 aromatic heterocycles. The normalized spacial score (nSPS) is 22.2. The van der Waals surface area contributed by atoms with E-state index in [0.29, 0.717) is 12.1 Å². The van der Waals surface area contributed by atoms with E-state index in [1.807, 2.05) is 18.2 Å². The summed E-state index contributed by atoms with van der Waals surface area (Å²) in [6.45, 7) is 7.06. The molecule has 1 aliphatic heterocycles. The molecule has 0 spiro atoms. The molecule has 1 unspecified atom stereocenters. The zero-order chi connectivity index (χ0) is 16.4. The molecule has 0 saturated carbocycles. The molecule has 1 amide bonds. The first kappa shape index (κ1) is 15.9. The molecule has 1 N–H and O–H groups in total. The Kier molecular flexibility index (Phi) is 4.62. The fourth-order valence-corrected chi connectivity index (χ4v) is 3.51. The van der Waals surface area contributed by atoms with Gasteiger partial charge in [-0.1, -0.05) is 12.5 Å². The molecule has 1 aromatic carbocycles. The number of piperidine rings is 1. The first-order valence-corrected chi connectivity index (χ1v) is 8.46. The Balaban J connectivity index is 1.81. The predicted octanol–water partition coefficient (Wildman–Crippen LogP) is 3.96. The van der Waals surface area contributed by atoms with E-state index >= 15 is 0 Å². The summed E-state index contributed by atoms with van der Waals surface area (Å²) in [4.78, 5) is 18.5. The minimum Gasteiger partial charge on any atom is -0.326 e. The van der Waals surface area contributed by atoms with Crippen LogP contribution in [-0.4, -0.2) is 27.9 Å². The zero-order valence-corrected chi connectivity index (χ0v) is 14.2. The molecular formula is C19H25N3O. The first-order chi connectivity index (χ1) is 11.0. The van der Waals surface area contributed by atoms with Gasteiger partial charge in [0, 0.05) is 36.6 Å². The van der Waals surface area contributed by atoms with Gasteiger partial charge in [0.2, 0.25) is 5.91 Å². The Morgan fingerprint density at radius 1 is 1.22 bits per heavy atom. The van der Waals surface area contributed by atoms with E-state index in [9.17, 15) is 4.79 Å². The number of nitrogens with zero attached hydrogens (tertiary/aromatic N) is 2. The lowest BCUT2D eigenvalue weighted by molar-refractivity contribution is -0.114. The summed E-state index contributed by atoms with van der Waals surface area (Å²) in [5.41, 5.74) is 2.91. The highest BCUT2D eigenvalue weighted by Gasteiger charge is 2.24. The summed E-state index contributed by atoms with van der Waals surface area (Å²) in [7, 11) is 0. The Morgan fingerprint density at radius 2 is 1.96 bits per heavy atom. The van der Waals surface area contributed by atoms with Crippen LogP contribution < -0.4 is 5.32 Å². The van der Waals surface area contributed by atoms with Gasteiger partial charge in [-0.05, 0) is 51.0 Å². The molecule has 1 fully saturated rings. The standard InChI is InChI=1S/C19H25N3O/c1-13-5-4-6-14(2)22(13)12-18-8-7-16-11-17(20-15(3)23)9-10-19(16)21-18/h7-11,13-14H,4-6,12H2,1-3H3,(H,20,23)/t13-,14?/m0/s1. The van der Waals surface area contributed by atoms with Gasteiger partial charge >= 0.3 is 0 Å². The zero-order valence-electron chi connectivity index (χ0n) is 14.2. The maximum Gasteiger partial charge on any atom is 0.221 e. The highest BCUT2D eigenvalue weighted by atomic mass is 16.1. The molecule has 122 valence electrons. The third kappa shape index (κ3) is 3.70. The minimum atomic E-state index is -0.0537. The summed E-state index contributed by atoms with van der Waals surface area (Å²) < 4.78 is 0. The number of hydrogen-bond donors (Lipinski definition) is 1. The van der Waals surface area contributed by atoms with E-state index in [1.54, 1.807) is 0 Å². The number of fused-ring (bicyclic) bond motifs is 1. The summed E-state index contributed by atoms with van der Waals surface area (Å²) in [5.74, 6) is -0.0537. The van der Waals surface area contributed by atoms with Crippen LogP contribution in [0.5, 0.6) is 0 Å². The number of nitrogens with one attached hydrogen (secondary N) is 1. The van der Waals surface area contributed by atoms with E-state index in [0.717, 1.165) is 28.8 Å². The van der Waals surface area contributed by atoms with Gasteiger partial charge in [0.1, 0.15) is 0 Å². The number of hydrogen-bond acceptors (Lipinski definition) is 3. The molecule has 3 rings (SSSR count). The molecule has 2 aromatic rings. The number of anilines is 1. The molecule has 2 atom stereocenters. The fraction of sp³-hybridized carbons (Fsp3) is 0.474. The number of aromatic nitrogens is 1. The van der Waals surface area contributed by atoms with Crippen LogP contribution in [-0.2, 0) is 11.3 Å². The van der Waals surface area contributed by atoms with Crippen molar-refractivity contribution in [3.05, 3.63) is 36.0 Å². The van der Waals surface area contributed by atoms with Crippen molar-refractivity contribution in [1.82, 2.24) is 9.88 Å². The molecule has 4 heteroatoms. The van der Waals surface area contributed by atoms with Crippen LogP contribution in [0.15, 0.2) is 30.3 Å². The number of amides is 1. The predicted molar refractivity (Wildman–Crippen MR) is 94.4 cm³/mol. The smallest absolute Gasteiger partial charge is 0.221 e. The number of rotatable bonds is 3. The van der Waals surface area contributed by atoms with E-state index in [1.165, 1.54) is 26.2 Å². The second-order valence-corrected chi connectivity index (χ2v) is 6.69. The molecule has 0 aliphatic carbocycles. The van der Waals surface area contributed by atoms with E-state index < -0.39 is 0 Å². The number of likely N-dealkylation sites (tertiary alicyclic amines) is 1. The maximum absolute atomic E-state index is 11.2. The van der Waals surface area contributed by atoms with Crippen LogP contribution >= 0.6 is 0 Å². The van der Waals surface area contributed by atoms with Crippen molar-refractivity contribution >= 4 is 22.5 Å². The van der Waals surface area contributed by atoms with E-state index in [4.69, 9.17) is 4.98 Å². The number of pyridine rings is 1. The van der Waals surface area contributed by atoms with Crippen molar-refractivity contribution in [3.8, 4) is 0 Å². The lowest BCUT2D eigenvalue weighted by Gasteiger charge is -2.38. The minimum absolute atomic E-state index is 0.0537. The van der Waals surface area contributed by atoms with Crippen LogP contribution in [0.2, 0.25) is 0 Å². The molecule has 23 heavy (non-hydrogen) atoms. The molecule has 1 saturated heterocycles. The second kappa shape index (κ2) is 6.67. The van der Waals surface area contributed by atoms with Crippen molar-refractivity contribution in [3.63, 3.8) is 0 Å². The highest BCUT2D eigenvalue weighted by molar-refractivity contribution is 5.92. The number of carbonyl (C=O) groups excluding carboxylic acids is 1. The van der Waals surface area contributed by atoms with Crippen molar-refractivity contribution < 1.29 is 4.79 Å². The maximum atomic E-state index is 11.2. The lowest BCUT2D eigenvalue weighted by atomic mass is 9.97. The summed E-state index contributed by atoms with van der Waals surface area (Å²) >= 11 is 0. The Bertz CT molecular complexity index is 703. The third-order valence-corrected chi connectivity index (χ3v) is 4.79. The number of benzene rings is 1. The largest absolute Gasteiger partial charge is 0.326 e. The Hall–Kier alpha value is -1.94. The molecule has 4 nitrogen and oxygen atoms in total. The van der Waals surface area contributed by atoms with Crippen molar-refractivity contribution in [1.29, 1.82) is 0 Å². The molecule has 0 bridgehead atoms. The average Bonchev–Trinajstić information content (AvgIpc) is 2.50. The molecule has 2 heterocycles. The highest BCUT2D eigenvalue weighted by Crippen LogP contribution is 2.25. The van der Waals surface area contributed by atoms with Gasteiger partial charge in [-0.25, -0.2) is 0 Å². The Morgan fingerprint density at radius 3 is 2.65 bits per heavy atom. The van der Waals surface area contributed by atoms with Gasteiger partial charge in [-0.2, -0.15) is 0 Å². The van der Waals surface area contributed by atoms with E-state index in [-0.39, 0.29) is 5.91 Å². The molecule has 1 aliphatic rings. The van der Waals surface area contributed by atoms with Crippen molar-refractivity contribution in [2.45, 2.75) is 58.7 Å². The van der Waals surface area contributed by atoms with Crippen molar-refractivity contribution in [2.75, 3.05) is 5.32 Å². The van der Waals surface area contributed by atoms with Crippen LogP contribution in [0, 0.1) is 0 Å². The van der Waals surface area contributed by atoms with Crippen LogP contribution in [0.1, 0.15) is 45.7 Å². The van der Waals surface area contributed by atoms with Crippen LogP contribution in [0.25, 0.3) is 10.9 Å². The lowest BCUT2D eigenvalue weighted by Crippen LogP contribution is -2.43. The van der Waals surface area contributed by atoms with Gasteiger partial charge in [-0.15, -0.1) is 0 Å². The average molecular weight is 311 g/mol. The topological polar surface area (TPSA) is 45.2 Å². The molecule has 0 radical (unpaired) electrons. The molecular weight excluding hydrogens is 286 g/mol. The second-order valence-electron chi connectivity index (χ2n) is 6.69. The fourth-order valence-electron chi connectivity index (χ4n) is 3.51. The van der Waals surface area contributed by atoms with Gasteiger partial charge < -0.3 is 5.32 Å².